The van der Waals surface area contributed by atoms with Crippen molar-refractivity contribution < 1.29 is 4.74 Å². The smallest absolute Gasteiger partial charge is 0.221 e. The van der Waals surface area contributed by atoms with Crippen molar-refractivity contribution in [2.45, 2.75) is 46.1 Å². The van der Waals surface area contributed by atoms with Crippen molar-refractivity contribution in [3.8, 4) is 5.88 Å². The van der Waals surface area contributed by atoms with Crippen LogP contribution in [0.2, 0.25) is 0 Å². The van der Waals surface area contributed by atoms with Crippen molar-refractivity contribution in [3.05, 3.63) is 36.0 Å². The van der Waals surface area contributed by atoms with E-state index in [1.165, 1.54) is 24.6 Å². The maximum atomic E-state index is 5.95. The molecule has 0 bridgehead atoms. The molecular weight excluding hydrogens is 260 g/mol. The van der Waals surface area contributed by atoms with E-state index in [0.29, 0.717) is 0 Å². The van der Waals surface area contributed by atoms with E-state index in [0.717, 1.165) is 43.1 Å². The normalized spacial score (nSPS) is 11.0. The highest BCUT2D eigenvalue weighted by atomic mass is 16.5. The molecule has 1 aromatic carbocycles. The van der Waals surface area contributed by atoms with Crippen LogP contribution in [0.1, 0.15) is 45.2 Å². The van der Waals surface area contributed by atoms with Gasteiger partial charge in [-0.2, -0.15) is 0 Å². The third-order valence-corrected chi connectivity index (χ3v) is 3.55. The molecule has 0 fully saturated rings. The topological polar surface area (TPSA) is 34.1 Å². The molecule has 0 saturated carbocycles. The second kappa shape index (κ2) is 8.63. The Morgan fingerprint density at radius 1 is 1.10 bits per heavy atom. The van der Waals surface area contributed by atoms with Crippen molar-refractivity contribution >= 4 is 10.8 Å². The summed E-state index contributed by atoms with van der Waals surface area (Å²) in [5.74, 6) is 0.775. The van der Waals surface area contributed by atoms with Gasteiger partial charge < -0.3 is 10.1 Å². The molecule has 2 rings (SSSR count). The number of rotatable bonds is 9. The second-order valence-corrected chi connectivity index (χ2v) is 5.33. The minimum atomic E-state index is 0.752. The van der Waals surface area contributed by atoms with Crippen molar-refractivity contribution in [3.63, 3.8) is 0 Å². The average molecular weight is 286 g/mol. The summed E-state index contributed by atoms with van der Waals surface area (Å²) < 4.78 is 5.95. The van der Waals surface area contributed by atoms with Crippen LogP contribution in [0.4, 0.5) is 0 Å². The Kier molecular flexibility index (Phi) is 6.48. The first-order chi connectivity index (χ1) is 10.3. The molecule has 1 N–H and O–H groups in total. The number of nitrogens with zero attached hydrogens (tertiary/aromatic N) is 1. The van der Waals surface area contributed by atoms with Crippen molar-refractivity contribution in [2.75, 3.05) is 13.2 Å². The van der Waals surface area contributed by atoms with Gasteiger partial charge in [-0.05, 0) is 30.5 Å². The highest BCUT2D eigenvalue weighted by molar-refractivity contribution is 5.87. The molecule has 114 valence electrons. The summed E-state index contributed by atoms with van der Waals surface area (Å²) in [4.78, 5) is 4.67. The van der Waals surface area contributed by atoms with Gasteiger partial charge in [-0.3, -0.25) is 0 Å². The van der Waals surface area contributed by atoms with Crippen molar-refractivity contribution in [1.29, 1.82) is 0 Å². The highest BCUT2D eigenvalue weighted by Crippen LogP contribution is 2.24. The van der Waals surface area contributed by atoms with Crippen LogP contribution in [0.3, 0.4) is 0 Å². The molecule has 0 aliphatic carbocycles. The number of hydrogen-bond donors (Lipinski definition) is 1. The van der Waals surface area contributed by atoms with Gasteiger partial charge in [0.15, 0.2) is 0 Å². The summed E-state index contributed by atoms with van der Waals surface area (Å²) in [6, 6.07) is 10.4. The van der Waals surface area contributed by atoms with Gasteiger partial charge in [0.05, 0.1) is 12.3 Å². The number of pyridine rings is 1. The fraction of sp³-hybridized carbons (Fsp3) is 0.500. The maximum Gasteiger partial charge on any atom is 0.221 e. The number of nitrogens with one attached hydrogen (secondary N) is 1. The third-order valence-electron chi connectivity index (χ3n) is 3.55. The minimum Gasteiger partial charge on any atom is -0.477 e. The van der Waals surface area contributed by atoms with Crippen LogP contribution in [0, 0.1) is 0 Å². The Bertz CT molecular complexity index is 554. The lowest BCUT2D eigenvalue weighted by molar-refractivity contribution is 0.296. The summed E-state index contributed by atoms with van der Waals surface area (Å²) in [7, 11) is 0. The van der Waals surface area contributed by atoms with Gasteiger partial charge in [-0.25, -0.2) is 4.98 Å². The molecule has 0 aliphatic heterocycles. The van der Waals surface area contributed by atoms with Crippen LogP contribution >= 0.6 is 0 Å². The van der Waals surface area contributed by atoms with E-state index in [1.54, 1.807) is 0 Å². The Labute approximate surface area is 127 Å². The minimum absolute atomic E-state index is 0.752. The van der Waals surface area contributed by atoms with E-state index in [9.17, 15) is 0 Å². The number of unbranched alkanes of at least 4 members (excludes halogenated alkanes) is 3. The molecule has 2 aromatic rings. The van der Waals surface area contributed by atoms with Gasteiger partial charge in [0, 0.05) is 11.9 Å². The maximum absolute atomic E-state index is 5.95. The first-order valence-electron chi connectivity index (χ1n) is 8.07. The van der Waals surface area contributed by atoms with E-state index in [2.05, 4.69) is 48.4 Å². The first-order valence-corrected chi connectivity index (χ1v) is 8.07. The molecule has 0 unspecified atom stereocenters. The lowest BCUT2D eigenvalue weighted by Crippen LogP contribution is -2.13. The molecular formula is C18H26N2O. The van der Waals surface area contributed by atoms with E-state index >= 15 is 0 Å². The Hall–Kier alpha value is -1.61. The fourth-order valence-electron chi connectivity index (χ4n) is 2.37. The molecule has 21 heavy (non-hydrogen) atoms. The summed E-state index contributed by atoms with van der Waals surface area (Å²) in [5, 5.41) is 5.63. The Morgan fingerprint density at radius 2 is 1.95 bits per heavy atom. The van der Waals surface area contributed by atoms with E-state index < -0.39 is 0 Å². The van der Waals surface area contributed by atoms with Gasteiger partial charge in [-0.15, -0.1) is 0 Å². The van der Waals surface area contributed by atoms with Crippen molar-refractivity contribution in [1.82, 2.24) is 10.3 Å². The molecule has 3 heteroatoms. The quantitative estimate of drug-likeness (QED) is 0.698. The SMILES string of the molecule is CCCCCCOc1nc(CNCC)cc2ccccc12. The molecule has 0 spiro atoms. The van der Waals surface area contributed by atoms with E-state index in [4.69, 9.17) is 4.74 Å². The predicted molar refractivity (Wildman–Crippen MR) is 88.8 cm³/mol. The summed E-state index contributed by atoms with van der Waals surface area (Å²) >= 11 is 0. The molecule has 0 radical (unpaired) electrons. The monoisotopic (exact) mass is 286 g/mol. The Balaban J connectivity index is 2.11. The summed E-state index contributed by atoms with van der Waals surface area (Å²) in [5.41, 5.74) is 1.04. The van der Waals surface area contributed by atoms with Crippen LogP contribution in [0.25, 0.3) is 10.8 Å². The Morgan fingerprint density at radius 3 is 2.76 bits per heavy atom. The molecule has 0 atom stereocenters. The van der Waals surface area contributed by atoms with E-state index in [1.807, 2.05) is 6.07 Å². The standard InChI is InChI=1S/C18H26N2O/c1-3-5-6-9-12-21-18-17-11-8-7-10-15(17)13-16(20-18)14-19-4-2/h7-8,10-11,13,19H,3-6,9,12,14H2,1-2H3. The van der Waals surface area contributed by atoms with Gasteiger partial charge in [-0.1, -0.05) is 51.3 Å². The predicted octanol–water partition coefficient (Wildman–Crippen LogP) is 4.30. The largest absolute Gasteiger partial charge is 0.477 e. The molecule has 1 heterocycles. The molecule has 0 amide bonds. The number of ether oxygens (including phenoxy) is 1. The van der Waals surface area contributed by atoms with Crippen LogP contribution < -0.4 is 10.1 Å². The number of aromatic nitrogens is 1. The highest BCUT2D eigenvalue weighted by Gasteiger charge is 2.06. The van der Waals surface area contributed by atoms with Crippen molar-refractivity contribution in [2.24, 2.45) is 0 Å². The van der Waals surface area contributed by atoms with E-state index in [-0.39, 0.29) is 0 Å². The van der Waals surface area contributed by atoms with Crippen LogP contribution in [0.15, 0.2) is 30.3 Å². The number of benzene rings is 1. The van der Waals surface area contributed by atoms with Crippen LogP contribution in [0.5, 0.6) is 5.88 Å². The second-order valence-electron chi connectivity index (χ2n) is 5.33. The summed E-state index contributed by atoms with van der Waals surface area (Å²) in [6.07, 6.45) is 4.85. The van der Waals surface area contributed by atoms with Gasteiger partial charge in [0.2, 0.25) is 5.88 Å². The third kappa shape index (κ3) is 4.71. The molecule has 1 aromatic heterocycles. The zero-order chi connectivity index (χ0) is 14.9. The lowest BCUT2D eigenvalue weighted by Gasteiger charge is -2.11. The lowest BCUT2D eigenvalue weighted by atomic mass is 10.1. The molecule has 0 saturated heterocycles. The number of fused-ring (bicyclic) bond motifs is 1. The molecule has 0 aliphatic rings. The van der Waals surface area contributed by atoms with Gasteiger partial charge in [0.1, 0.15) is 0 Å². The summed E-state index contributed by atoms with van der Waals surface area (Å²) in [6.45, 7) is 6.81. The van der Waals surface area contributed by atoms with Gasteiger partial charge >= 0.3 is 0 Å². The van der Waals surface area contributed by atoms with Gasteiger partial charge in [0.25, 0.3) is 0 Å². The average Bonchev–Trinajstić information content (AvgIpc) is 2.52. The van der Waals surface area contributed by atoms with Crippen LogP contribution in [-0.2, 0) is 6.54 Å². The number of hydrogen-bond acceptors (Lipinski definition) is 3. The fourth-order valence-corrected chi connectivity index (χ4v) is 2.37. The zero-order valence-electron chi connectivity index (χ0n) is 13.2. The first kappa shape index (κ1) is 15.8. The molecule has 3 nitrogen and oxygen atoms in total. The van der Waals surface area contributed by atoms with Crippen LogP contribution in [-0.4, -0.2) is 18.1 Å². The zero-order valence-corrected chi connectivity index (χ0v) is 13.2.